The Morgan fingerprint density at radius 2 is 1.58 bits per heavy atom. The van der Waals surface area contributed by atoms with Gasteiger partial charge >= 0.3 is 12.4 Å². The summed E-state index contributed by atoms with van der Waals surface area (Å²) in [6.07, 6.45) is -9.65. The molecular formula is C16H12F6N2OS. The average Bonchev–Trinajstić information content (AvgIpc) is 2.58. The molecule has 0 aliphatic carbocycles. The SMILES string of the molecule is N#CC(C(=S)N1CCOCC1)=C(c1ccc(C(F)(F)F)cc1)C(F)(F)F. The van der Waals surface area contributed by atoms with Crippen molar-refractivity contribution >= 4 is 22.8 Å². The molecule has 0 saturated carbocycles. The fourth-order valence-corrected chi connectivity index (χ4v) is 2.74. The summed E-state index contributed by atoms with van der Waals surface area (Å²) in [6, 6.07) is 3.90. The molecule has 10 heteroatoms. The molecule has 0 amide bonds. The van der Waals surface area contributed by atoms with E-state index in [1.54, 1.807) is 0 Å². The lowest BCUT2D eigenvalue weighted by Gasteiger charge is -2.29. The van der Waals surface area contributed by atoms with Crippen LogP contribution in [0.4, 0.5) is 26.3 Å². The highest BCUT2D eigenvalue weighted by Crippen LogP contribution is 2.38. The number of ether oxygens (including phenoxy) is 1. The fourth-order valence-electron chi connectivity index (χ4n) is 2.41. The van der Waals surface area contributed by atoms with Gasteiger partial charge in [-0.1, -0.05) is 24.4 Å². The lowest BCUT2D eigenvalue weighted by Crippen LogP contribution is -2.41. The van der Waals surface area contributed by atoms with E-state index in [1.165, 1.54) is 11.0 Å². The minimum absolute atomic E-state index is 0.224. The molecule has 1 aromatic carbocycles. The molecular weight excluding hydrogens is 382 g/mol. The van der Waals surface area contributed by atoms with Crippen molar-refractivity contribution in [1.82, 2.24) is 4.90 Å². The second-order valence-corrected chi connectivity index (χ2v) is 5.73. The number of hydrogen-bond donors (Lipinski definition) is 0. The van der Waals surface area contributed by atoms with Crippen LogP contribution in [0.2, 0.25) is 0 Å². The van der Waals surface area contributed by atoms with Gasteiger partial charge in [0.05, 0.1) is 29.9 Å². The van der Waals surface area contributed by atoms with E-state index in [9.17, 15) is 31.6 Å². The van der Waals surface area contributed by atoms with E-state index < -0.39 is 34.6 Å². The number of nitriles is 1. The molecule has 0 aromatic heterocycles. The summed E-state index contributed by atoms with van der Waals surface area (Å²) in [5.41, 5.74) is -3.80. The highest BCUT2D eigenvalue weighted by molar-refractivity contribution is 7.80. The monoisotopic (exact) mass is 394 g/mol. The Kier molecular flexibility index (Phi) is 5.93. The molecule has 0 N–H and O–H groups in total. The van der Waals surface area contributed by atoms with Gasteiger partial charge in [0.2, 0.25) is 0 Å². The van der Waals surface area contributed by atoms with Crippen LogP contribution in [0.15, 0.2) is 29.8 Å². The number of thiocarbonyl (C=S) groups is 1. The second-order valence-electron chi connectivity index (χ2n) is 5.34. The van der Waals surface area contributed by atoms with Gasteiger partial charge < -0.3 is 9.64 Å². The van der Waals surface area contributed by atoms with Crippen molar-refractivity contribution in [3.8, 4) is 6.07 Å². The summed E-state index contributed by atoms with van der Waals surface area (Å²) in [5, 5.41) is 9.27. The van der Waals surface area contributed by atoms with Crippen molar-refractivity contribution in [2.45, 2.75) is 12.4 Å². The van der Waals surface area contributed by atoms with Gasteiger partial charge in [-0.05, 0) is 17.7 Å². The number of alkyl halides is 6. The van der Waals surface area contributed by atoms with Gasteiger partial charge in [-0.3, -0.25) is 0 Å². The average molecular weight is 394 g/mol. The maximum atomic E-state index is 13.6. The molecule has 1 heterocycles. The summed E-state index contributed by atoms with van der Waals surface area (Å²) in [7, 11) is 0. The zero-order chi connectivity index (χ0) is 19.5. The van der Waals surface area contributed by atoms with Gasteiger partial charge in [0.25, 0.3) is 0 Å². The van der Waals surface area contributed by atoms with Crippen LogP contribution in [0.25, 0.3) is 5.57 Å². The molecule has 3 nitrogen and oxygen atoms in total. The molecule has 0 bridgehead atoms. The number of hydrogen-bond acceptors (Lipinski definition) is 3. The smallest absolute Gasteiger partial charge is 0.378 e. The quantitative estimate of drug-likeness (QED) is 0.326. The molecule has 1 fully saturated rings. The molecule has 1 aliphatic heterocycles. The van der Waals surface area contributed by atoms with Gasteiger partial charge in [0, 0.05) is 13.1 Å². The first-order valence-electron chi connectivity index (χ1n) is 7.32. The first kappa shape index (κ1) is 20.2. The lowest BCUT2D eigenvalue weighted by atomic mass is 9.98. The van der Waals surface area contributed by atoms with Crippen molar-refractivity contribution in [3.05, 3.63) is 41.0 Å². The number of halogens is 6. The van der Waals surface area contributed by atoms with E-state index in [2.05, 4.69) is 0 Å². The maximum Gasteiger partial charge on any atom is 0.418 e. The number of nitrogens with zero attached hydrogens (tertiary/aromatic N) is 2. The maximum absolute atomic E-state index is 13.6. The summed E-state index contributed by atoms with van der Waals surface area (Å²) >= 11 is 5.03. The summed E-state index contributed by atoms with van der Waals surface area (Å²) in [4.78, 5) is 1.11. The third-order valence-corrected chi connectivity index (χ3v) is 4.12. The van der Waals surface area contributed by atoms with Crippen LogP contribution in [-0.4, -0.2) is 42.4 Å². The molecule has 0 radical (unpaired) electrons. The summed E-state index contributed by atoms with van der Waals surface area (Å²) in [6.45, 7) is 0.950. The molecule has 1 aromatic rings. The van der Waals surface area contributed by atoms with Crippen LogP contribution >= 0.6 is 12.2 Å². The van der Waals surface area contributed by atoms with Crippen molar-refractivity contribution in [1.29, 1.82) is 5.26 Å². The zero-order valence-electron chi connectivity index (χ0n) is 13.1. The van der Waals surface area contributed by atoms with Crippen LogP contribution < -0.4 is 0 Å². The standard InChI is InChI=1S/C16H12F6N2OS/c17-15(18,19)11-3-1-10(2-4-11)13(16(20,21)22)12(9-23)14(26)24-5-7-25-8-6-24/h1-4H,5-8H2. The Labute approximate surface area is 150 Å². The van der Waals surface area contributed by atoms with Gasteiger partial charge in [0.15, 0.2) is 0 Å². The Hall–Kier alpha value is -2.12. The lowest BCUT2D eigenvalue weighted by molar-refractivity contribution is -0.137. The number of allylic oxidation sites excluding steroid dienone is 1. The molecule has 0 atom stereocenters. The van der Waals surface area contributed by atoms with Gasteiger partial charge in [-0.2, -0.15) is 31.6 Å². The number of morpholine rings is 1. The van der Waals surface area contributed by atoms with E-state index in [-0.39, 0.29) is 31.3 Å². The topological polar surface area (TPSA) is 36.3 Å². The number of rotatable bonds is 2. The van der Waals surface area contributed by atoms with Crippen molar-refractivity contribution in [2.24, 2.45) is 0 Å². The third-order valence-electron chi connectivity index (χ3n) is 3.66. The Morgan fingerprint density at radius 3 is 2.00 bits per heavy atom. The predicted octanol–water partition coefficient (Wildman–Crippen LogP) is 4.20. The van der Waals surface area contributed by atoms with E-state index in [0.29, 0.717) is 24.3 Å². The van der Waals surface area contributed by atoms with Crippen LogP contribution in [0, 0.1) is 11.3 Å². The molecule has 1 saturated heterocycles. The van der Waals surface area contributed by atoms with E-state index in [1.807, 2.05) is 0 Å². The molecule has 2 rings (SSSR count). The van der Waals surface area contributed by atoms with E-state index in [4.69, 9.17) is 17.0 Å². The van der Waals surface area contributed by atoms with Crippen molar-refractivity contribution < 1.29 is 31.1 Å². The largest absolute Gasteiger partial charge is 0.418 e. The highest BCUT2D eigenvalue weighted by atomic mass is 32.1. The van der Waals surface area contributed by atoms with Crippen molar-refractivity contribution in [3.63, 3.8) is 0 Å². The van der Waals surface area contributed by atoms with Gasteiger partial charge in [0.1, 0.15) is 11.1 Å². The molecule has 0 unspecified atom stereocenters. The summed E-state index contributed by atoms with van der Waals surface area (Å²) < 4.78 is 83.7. The minimum atomic E-state index is -4.97. The van der Waals surface area contributed by atoms with Crippen LogP contribution in [0.1, 0.15) is 11.1 Å². The van der Waals surface area contributed by atoms with Crippen LogP contribution in [-0.2, 0) is 10.9 Å². The second kappa shape index (κ2) is 7.63. The summed E-state index contributed by atoms with van der Waals surface area (Å²) in [5.74, 6) is 0. The number of benzene rings is 1. The van der Waals surface area contributed by atoms with Gasteiger partial charge in [-0.25, -0.2) is 0 Å². The van der Waals surface area contributed by atoms with Gasteiger partial charge in [-0.15, -0.1) is 0 Å². The molecule has 0 spiro atoms. The van der Waals surface area contributed by atoms with Crippen LogP contribution in [0.3, 0.4) is 0 Å². The highest BCUT2D eigenvalue weighted by Gasteiger charge is 2.40. The zero-order valence-corrected chi connectivity index (χ0v) is 13.9. The third kappa shape index (κ3) is 4.53. The molecule has 140 valence electrons. The fraction of sp³-hybridized carbons (Fsp3) is 0.375. The first-order valence-corrected chi connectivity index (χ1v) is 7.72. The van der Waals surface area contributed by atoms with E-state index >= 15 is 0 Å². The van der Waals surface area contributed by atoms with Crippen molar-refractivity contribution in [2.75, 3.05) is 26.3 Å². The predicted molar refractivity (Wildman–Crippen MR) is 85.0 cm³/mol. The minimum Gasteiger partial charge on any atom is -0.378 e. The Bertz CT molecular complexity index is 740. The van der Waals surface area contributed by atoms with E-state index in [0.717, 1.165) is 0 Å². The normalized spacial score (nSPS) is 16.7. The Balaban J connectivity index is 2.52. The molecule has 26 heavy (non-hydrogen) atoms. The van der Waals surface area contributed by atoms with Crippen LogP contribution in [0.5, 0.6) is 0 Å². The molecule has 1 aliphatic rings. The Morgan fingerprint density at radius 1 is 1.04 bits per heavy atom. The first-order chi connectivity index (χ1) is 12.1.